The number of allylic oxidation sites excluding steroid dienone is 4. The molecule has 86 valence electrons. The van der Waals surface area contributed by atoms with Crippen LogP contribution >= 0.6 is 0 Å². The van der Waals surface area contributed by atoms with Crippen LogP contribution in [0.2, 0.25) is 0 Å². The molecule has 0 unspecified atom stereocenters. The Morgan fingerprint density at radius 2 is 1.31 bits per heavy atom. The van der Waals surface area contributed by atoms with Gasteiger partial charge in [0.05, 0.1) is 5.60 Å². The molecule has 0 radical (unpaired) electrons. The fourth-order valence-corrected chi connectivity index (χ4v) is 2.45. The van der Waals surface area contributed by atoms with E-state index < -0.39 is 5.60 Å². The van der Waals surface area contributed by atoms with Crippen LogP contribution in [0.1, 0.15) is 12.8 Å². The maximum atomic E-state index is 10.8. The monoisotopic (exact) mass is 218 g/mol. The minimum atomic E-state index is -0.796. The molecule has 0 spiro atoms. The fraction of sp³-hybridized carbons (Fsp3) is 0.429. The van der Waals surface area contributed by atoms with Crippen molar-refractivity contribution < 1.29 is 10.2 Å². The van der Waals surface area contributed by atoms with Gasteiger partial charge < -0.3 is 10.2 Å². The van der Waals surface area contributed by atoms with Crippen LogP contribution in [0, 0.1) is 11.8 Å². The normalized spacial score (nSPS) is 20.4. The minimum absolute atomic E-state index is 0.0523. The summed E-state index contributed by atoms with van der Waals surface area (Å²) in [5.74, 6) is 0.105. The lowest BCUT2D eigenvalue weighted by atomic mass is 9.75. The first-order valence-corrected chi connectivity index (χ1v) is 5.80. The zero-order chi connectivity index (χ0) is 11.4. The van der Waals surface area contributed by atoms with Crippen LogP contribution in [0.25, 0.3) is 0 Å². The van der Waals surface area contributed by atoms with Gasteiger partial charge in [-0.3, -0.25) is 0 Å². The van der Waals surface area contributed by atoms with Crippen molar-refractivity contribution in [2.75, 3.05) is 6.61 Å². The van der Waals surface area contributed by atoms with E-state index in [1.807, 2.05) is 48.6 Å². The van der Waals surface area contributed by atoms with Crippen molar-refractivity contribution in [1.82, 2.24) is 0 Å². The van der Waals surface area contributed by atoms with Gasteiger partial charge in [-0.1, -0.05) is 48.6 Å². The molecule has 2 rings (SSSR count). The molecule has 0 aliphatic heterocycles. The molecule has 0 saturated carbocycles. The Hall–Kier alpha value is -1.12. The molecular formula is C14H18O2. The second kappa shape index (κ2) is 4.81. The van der Waals surface area contributed by atoms with Crippen molar-refractivity contribution in [2.24, 2.45) is 11.8 Å². The molecule has 2 N–H and O–H groups in total. The van der Waals surface area contributed by atoms with Gasteiger partial charge >= 0.3 is 0 Å². The molecule has 0 aromatic carbocycles. The Bertz CT molecular complexity index is 298. The Morgan fingerprint density at radius 3 is 1.69 bits per heavy atom. The van der Waals surface area contributed by atoms with E-state index in [0.717, 1.165) is 0 Å². The summed E-state index contributed by atoms with van der Waals surface area (Å²) in [6.07, 6.45) is 17.2. The van der Waals surface area contributed by atoms with Crippen LogP contribution in [-0.2, 0) is 0 Å². The van der Waals surface area contributed by atoms with Crippen LogP contribution in [-0.4, -0.2) is 22.4 Å². The average Bonchev–Trinajstić information content (AvgIpc) is 2.96. The number of hydrogen-bond acceptors (Lipinski definition) is 2. The highest BCUT2D eigenvalue weighted by Crippen LogP contribution is 2.38. The molecule has 0 saturated heterocycles. The minimum Gasteiger partial charge on any atom is -0.396 e. The molecule has 0 fully saturated rings. The summed E-state index contributed by atoms with van der Waals surface area (Å²) >= 11 is 0. The van der Waals surface area contributed by atoms with Crippen LogP contribution in [0.4, 0.5) is 0 Å². The van der Waals surface area contributed by atoms with Gasteiger partial charge in [-0.2, -0.15) is 0 Å². The molecule has 2 aliphatic rings. The molecular weight excluding hydrogens is 200 g/mol. The number of aliphatic hydroxyl groups excluding tert-OH is 1. The van der Waals surface area contributed by atoms with Gasteiger partial charge in [0.25, 0.3) is 0 Å². The zero-order valence-electron chi connectivity index (χ0n) is 9.29. The van der Waals surface area contributed by atoms with Crippen molar-refractivity contribution in [3.05, 3.63) is 48.6 Å². The lowest BCUT2D eigenvalue weighted by molar-refractivity contribution is -0.0205. The third-order valence-corrected chi connectivity index (χ3v) is 3.39. The van der Waals surface area contributed by atoms with Crippen molar-refractivity contribution in [1.29, 1.82) is 0 Å². The van der Waals surface area contributed by atoms with E-state index >= 15 is 0 Å². The van der Waals surface area contributed by atoms with Gasteiger partial charge in [0, 0.05) is 18.4 Å². The summed E-state index contributed by atoms with van der Waals surface area (Å²) in [7, 11) is 0. The van der Waals surface area contributed by atoms with Crippen LogP contribution in [0.3, 0.4) is 0 Å². The largest absolute Gasteiger partial charge is 0.396 e. The predicted molar refractivity (Wildman–Crippen MR) is 64.8 cm³/mol. The molecule has 2 nitrogen and oxygen atoms in total. The van der Waals surface area contributed by atoms with Crippen LogP contribution < -0.4 is 0 Å². The maximum absolute atomic E-state index is 10.8. The second-order valence-electron chi connectivity index (χ2n) is 4.41. The van der Waals surface area contributed by atoms with Gasteiger partial charge in [-0.15, -0.1) is 0 Å². The number of aliphatic hydroxyl groups is 2. The predicted octanol–water partition coefficient (Wildman–Crippen LogP) is 1.97. The fourth-order valence-electron chi connectivity index (χ4n) is 2.45. The summed E-state index contributed by atoms with van der Waals surface area (Å²) in [6.45, 7) is 0.128. The number of rotatable bonds is 5. The molecule has 0 bridgehead atoms. The highest BCUT2D eigenvalue weighted by Gasteiger charge is 2.39. The first kappa shape index (κ1) is 11.4. The molecule has 0 atom stereocenters. The van der Waals surface area contributed by atoms with E-state index in [4.69, 9.17) is 5.11 Å². The third-order valence-electron chi connectivity index (χ3n) is 3.39. The molecule has 0 aromatic heterocycles. The van der Waals surface area contributed by atoms with E-state index in [1.165, 1.54) is 0 Å². The van der Waals surface area contributed by atoms with E-state index in [1.54, 1.807) is 0 Å². The average molecular weight is 218 g/mol. The quantitative estimate of drug-likeness (QED) is 0.740. The van der Waals surface area contributed by atoms with Gasteiger partial charge in [0.2, 0.25) is 0 Å². The molecule has 0 aromatic rings. The van der Waals surface area contributed by atoms with Crippen molar-refractivity contribution in [2.45, 2.75) is 18.4 Å². The lowest BCUT2D eigenvalue weighted by Gasteiger charge is -2.36. The summed E-state index contributed by atoms with van der Waals surface area (Å²) in [6, 6.07) is 0. The van der Waals surface area contributed by atoms with E-state index in [9.17, 15) is 5.11 Å². The van der Waals surface area contributed by atoms with Gasteiger partial charge in [0.1, 0.15) is 0 Å². The SMILES string of the molecule is OCCCC(O)(C1C=CC=C1)C1C=CC=C1. The molecule has 16 heavy (non-hydrogen) atoms. The third kappa shape index (κ3) is 2.04. The van der Waals surface area contributed by atoms with Crippen molar-refractivity contribution in [3.8, 4) is 0 Å². The molecule has 0 heterocycles. The zero-order valence-corrected chi connectivity index (χ0v) is 9.29. The van der Waals surface area contributed by atoms with Gasteiger partial charge in [-0.25, -0.2) is 0 Å². The number of hydrogen-bond donors (Lipinski definition) is 2. The van der Waals surface area contributed by atoms with Gasteiger partial charge in [0.15, 0.2) is 0 Å². The van der Waals surface area contributed by atoms with Crippen LogP contribution in [0.15, 0.2) is 48.6 Å². The molecule has 2 aliphatic carbocycles. The highest BCUT2D eigenvalue weighted by atomic mass is 16.3. The second-order valence-corrected chi connectivity index (χ2v) is 4.41. The topological polar surface area (TPSA) is 40.5 Å². The summed E-state index contributed by atoms with van der Waals surface area (Å²) in [5.41, 5.74) is -0.796. The van der Waals surface area contributed by atoms with E-state index in [2.05, 4.69) is 0 Å². The van der Waals surface area contributed by atoms with E-state index in [0.29, 0.717) is 12.8 Å². The van der Waals surface area contributed by atoms with Crippen molar-refractivity contribution in [3.63, 3.8) is 0 Å². The Labute approximate surface area is 96.3 Å². The summed E-state index contributed by atoms with van der Waals surface area (Å²) < 4.78 is 0. The standard InChI is InChI=1S/C14H18O2/c15-11-5-10-14(16,12-6-1-2-7-12)13-8-3-4-9-13/h1-4,6-9,12-13,15-16H,5,10-11H2. The Balaban J connectivity index is 2.17. The summed E-state index contributed by atoms with van der Waals surface area (Å²) in [5, 5.41) is 19.8. The Kier molecular flexibility index (Phi) is 3.42. The first-order valence-electron chi connectivity index (χ1n) is 5.80. The molecule has 2 heteroatoms. The highest BCUT2D eigenvalue weighted by molar-refractivity contribution is 5.29. The van der Waals surface area contributed by atoms with Gasteiger partial charge in [-0.05, 0) is 12.8 Å². The first-order chi connectivity index (χ1) is 7.77. The lowest BCUT2D eigenvalue weighted by Crippen LogP contribution is -2.41. The summed E-state index contributed by atoms with van der Waals surface area (Å²) in [4.78, 5) is 0. The smallest absolute Gasteiger partial charge is 0.0842 e. The Morgan fingerprint density at radius 1 is 0.875 bits per heavy atom. The molecule has 0 amide bonds. The van der Waals surface area contributed by atoms with Crippen molar-refractivity contribution >= 4 is 0 Å². The van der Waals surface area contributed by atoms with E-state index in [-0.39, 0.29) is 18.4 Å². The maximum Gasteiger partial charge on any atom is 0.0842 e. The van der Waals surface area contributed by atoms with Crippen LogP contribution in [0.5, 0.6) is 0 Å².